The van der Waals surface area contributed by atoms with Crippen molar-refractivity contribution in [3.63, 3.8) is 0 Å². The number of quaternary nitrogens is 1. The molecular weight excluding hydrogens is 363 g/mol. The van der Waals surface area contributed by atoms with Crippen LogP contribution >= 0.6 is 12.2 Å². The van der Waals surface area contributed by atoms with Gasteiger partial charge in [0.05, 0.1) is 25.7 Å². The molecule has 3 heterocycles. The van der Waals surface area contributed by atoms with Gasteiger partial charge in [-0.1, -0.05) is 6.92 Å². The van der Waals surface area contributed by atoms with Gasteiger partial charge in [0.2, 0.25) is 4.77 Å². The number of benzene rings is 1. The lowest BCUT2D eigenvalue weighted by atomic mass is 10.00. The zero-order chi connectivity index (χ0) is 18.8. The lowest BCUT2D eigenvalue weighted by Crippen LogP contribution is -3.12. The molecule has 0 bridgehead atoms. The molecule has 2 aliphatic rings. The molecule has 0 aliphatic carbocycles. The fourth-order valence-electron chi connectivity index (χ4n) is 4.05. The Morgan fingerprint density at radius 2 is 1.96 bits per heavy atom. The van der Waals surface area contributed by atoms with E-state index in [-0.39, 0.29) is 11.9 Å². The van der Waals surface area contributed by atoms with Crippen LogP contribution in [0, 0.1) is 16.5 Å². The van der Waals surface area contributed by atoms with E-state index in [9.17, 15) is 4.39 Å². The van der Waals surface area contributed by atoms with Gasteiger partial charge in [-0.2, -0.15) is 4.68 Å². The Morgan fingerprint density at radius 3 is 2.63 bits per heavy atom. The van der Waals surface area contributed by atoms with Gasteiger partial charge in [0.25, 0.3) is 0 Å². The first-order valence-electron chi connectivity index (χ1n) is 9.99. The Labute approximate surface area is 164 Å². The van der Waals surface area contributed by atoms with Gasteiger partial charge in [0, 0.05) is 12.2 Å². The number of nitrogens with one attached hydrogen (secondary N) is 1. The molecule has 4 rings (SSSR count). The molecule has 0 spiro atoms. The normalized spacial score (nSPS) is 25.8. The summed E-state index contributed by atoms with van der Waals surface area (Å²) in [6.07, 6.45) is 4.82. The van der Waals surface area contributed by atoms with E-state index in [1.54, 1.807) is 12.1 Å². The quantitative estimate of drug-likeness (QED) is 0.796. The van der Waals surface area contributed by atoms with Crippen molar-refractivity contribution in [1.29, 1.82) is 0 Å². The van der Waals surface area contributed by atoms with Crippen molar-refractivity contribution in [2.75, 3.05) is 19.7 Å². The van der Waals surface area contributed by atoms with Crippen molar-refractivity contribution in [2.45, 2.75) is 51.9 Å². The number of rotatable bonds is 5. The van der Waals surface area contributed by atoms with Gasteiger partial charge in [-0.3, -0.25) is 4.57 Å². The van der Waals surface area contributed by atoms with E-state index in [0.717, 1.165) is 61.3 Å². The number of piperidine rings is 1. The first-order valence-corrected chi connectivity index (χ1v) is 10.4. The summed E-state index contributed by atoms with van der Waals surface area (Å²) in [7, 11) is 0. The zero-order valence-electron chi connectivity index (χ0n) is 15.9. The maximum Gasteiger partial charge on any atom is 0.203 e. The molecule has 0 radical (unpaired) electrons. The van der Waals surface area contributed by atoms with Crippen LogP contribution in [0.1, 0.15) is 32.6 Å². The van der Waals surface area contributed by atoms with Crippen LogP contribution in [0.3, 0.4) is 0 Å². The van der Waals surface area contributed by atoms with Gasteiger partial charge in [0.15, 0.2) is 12.5 Å². The monoisotopic (exact) mass is 391 g/mol. The molecule has 0 unspecified atom stereocenters. The minimum Gasteiger partial charge on any atom is -0.376 e. The number of halogens is 1. The second-order valence-corrected chi connectivity index (χ2v) is 8.31. The lowest BCUT2D eigenvalue weighted by Gasteiger charge is -2.26. The third-order valence-corrected chi connectivity index (χ3v) is 6.22. The molecule has 5 nitrogen and oxygen atoms in total. The molecule has 146 valence electrons. The number of ether oxygens (including phenoxy) is 1. The van der Waals surface area contributed by atoms with Gasteiger partial charge >= 0.3 is 0 Å². The van der Waals surface area contributed by atoms with Crippen LogP contribution in [0.15, 0.2) is 24.3 Å². The number of hydrogen-bond acceptors (Lipinski definition) is 3. The third-order valence-electron chi connectivity index (χ3n) is 5.79. The second-order valence-electron chi connectivity index (χ2n) is 7.95. The minimum atomic E-state index is -0.241. The highest BCUT2D eigenvalue weighted by Gasteiger charge is 2.24. The van der Waals surface area contributed by atoms with Crippen molar-refractivity contribution >= 4 is 12.2 Å². The molecule has 2 fully saturated rings. The highest BCUT2D eigenvalue weighted by Crippen LogP contribution is 2.22. The first-order chi connectivity index (χ1) is 13.1. The number of likely N-dealkylation sites (tertiary alicyclic amines) is 1. The fourth-order valence-corrected chi connectivity index (χ4v) is 4.32. The van der Waals surface area contributed by atoms with Crippen LogP contribution < -0.4 is 4.90 Å². The average Bonchev–Trinajstić information content (AvgIpc) is 3.28. The first kappa shape index (κ1) is 18.8. The summed E-state index contributed by atoms with van der Waals surface area (Å²) in [5, 5.41) is 4.84. The summed E-state index contributed by atoms with van der Waals surface area (Å²) < 4.78 is 24.0. The zero-order valence-corrected chi connectivity index (χ0v) is 16.7. The SMILES string of the molecule is CC1CC[NH+](Cn2nc(-c3ccc(F)cc3)n(C[C@@H]3CCCO3)c2=S)CC1. The lowest BCUT2D eigenvalue weighted by molar-refractivity contribution is -0.929. The van der Waals surface area contributed by atoms with Crippen LogP contribution in [0.2, 0.25) is 0 Å². The summed E-state index contributed by atoms with van der Waals surface area (Å²) in [5.41, 5.74) is 0.890. The van der Waals surface area contributed by atoms with Gasteiger partial charge in [-0.25, -0.2) is 4.39 Å². The largest absolute Gasteiger partial charge is 0.376 e. The Balaban J connectivity index is 1.63. The van der Waals surface area contributed by atoms with Crippen molar-refractivity contribution in [3.8, 4) is 11.4 Å². The molecule has 2 aromatic rings. The molecule has 7 heteroatoms. The van der Waals surface area contributed by atoms with Gasteiger partial charge in [0.1, 0.15) is 5.82 Å². The summed E-state index contributed by atoms with van der Waals surface area (Å²) >= 11 is 5.79. The number of nitrogens with zero attached hydrogens (tertiary/aromatic N) is 3. The predicted molar refractivity (Wildman–Crippen MR) is 105 cm³/mol. The van der Waals surface area contributed by atoms with E-state index in [1.165, 1.54) is 29.9 Å². The molecule has 27 heavy (non-hydrogen) atoms. The molecule has 0 amide bonds. The van der Waals surface area contributed by atoms with Crippen molar-refractivity contribution in [2.24, 2.45) is 5.92 Å². The number of aromatic nitrogens is 3. The highest BCUT2D eigenvalue weighted by molar-refractivity contribution is 7.71. The predicted octanol–water partition coefficient (Wildman–Crippen LogP) is 2.67. The summed E-state index contributed by atoms with van der Waals surface area (Å²) in [4.78, 5) is 1.52. The van der Waals surface area contributed by atoms with E-state index in [2.05, 4.69) is 11.5 Å². The molecular formula is C20H28FN4OS+. The topological polar surface area (TPSA) is 36.4 Å². The minimum absolute atomic E-state index is 0.178. The molecule has 2 aliphatic heterocycles. The molecule has 1 atom stereocenters. The van der Waals surface area contributed by atoms with Crippen LogP contribution in [0.5, 0.6) is 0 Å². The van der Waals surface area contributed by atoms with E-state index in [1.807, 2.05) is 4.68 Å². The Morgan fingerprint density at radius 1 is 1.22 bits per heavy atom. The molecule has 1 aromatic heterocycles. The molecule has 1 N–H and O–H groups in total. The van der Waals surface area contributed by atoms with Crippen molar-refractivity contribution < 1.29 is 14.0 Å². The maximum atomic E-state index is 13.4. The Bertz CT molecular complexity index is 817. The second kappa shape index (κ2) is 8.20. The van der Waals surface area contributed by atoms with Crippen LogP contribution in [-0.4, -0.2) is 40.1 Å². The van der Waals surface area contributed by atoms with Crippen molar-refractivity contribution in [1.82, 2.24) is 14.3 Å². The Kier molecular flexibility index (Phi) is 5.71. The van der Waals surface area contributed by atoms with E-state index < -0.39 is 0 Å². The van der Waals surface area contributed by atoms with Gasteiger partial charge in [-0.15, -0.1) is 5.10 Å². The summed E-state index contributed by atoms with van der Waals surface area (Å²) in [6.45, 7) is 6.95. The number of hydrogen-bond donors (Lipinski definition) is 1. The van der Waals surface area contributed by atoms with Gasteiger partial charge in [-0.05, 0) is 68.1 Å². The molecule has 2 saturated heterocycles. The fraction of sp³-hybridized carbons (Fsp3) is 0.600. The molecule has 1 aromatic carbocycles. The van der Waals surface area contributed by atoms with E-state index in [4.69, 9.17) is 22.1 Å². The Hall–Kier alpha value is -1.57. The van der Waals surface area contributed by atoms with Crippen LogP contribution in [-0.2, 0) is 18.0 Å². The van der Waals surface area contributed by atoms with E-state index in [0.29, 0.717) is 6.54 Å². The molecule has 0 saturated carbocycles. The highest BCUT2D eigenvalue weighted by atomic mass is 32.1. The standard InChI is InChI=1S/C20H27FN4OS/c1-15-8-10-23(11-9-15)14-25-20(27)24(13-18-3-2-12-26-18)19(22-25)16-4-6-17(21)7-5-16/h4-7,15,18H,2-3,8-14H2,1H3/p+1/t18-/m0/s1. The summed E-state index contributed by atoms with van der Waals surface area (Å²) in [6, 6.07) is 6.51. The average molecular weight is 392 g/mol. The van der Waals surface area contributed by atoms with E-state index >= 15 is 0 Å². The van der Waals surface area contributed by atoms with Crippen LogP contribution in [0.25, 0.3) is 11.4 Å². The van der Waals surface area contributed by atoms with Crippen LogP contribution in [0.4, 0.5) is 4.39 Å². The maximum absolute atomic E-state index is 13.4. The smallest absolute Gasteiger partial charge is 0.203 e. The van der Waals surface area contributed by atoms with Gasteiger partial charge < -0.3 is 9.64 Å². The third kappa shape index (κ3) is 4.31. The summed E-state index contributed by atoms with van der Waals surface area (Å²) in [5.74, 6) is 1.38. The van der Waals surface area contributed by atoms with Crippen molar-refractivity contribution in [3.05, 3.63) is 34.9 Å².